The van der Waals surface area contributed by atoms with Gasteiger partial charge >= 0.3 is 29.6 Å². The summed E-state index contributed by atoms with van der Waals surface area (Å²) in [6, 6.07) is 10.6. The third kappa shape index (κ3) is 1.97. The Morgan fingerprint density at radius 3 is 1.54 bits per heavy atom. The summed E-state index contributed by atoms with van der Waals surface area (Å²) in [5.41, 5.74) is 0. The van der Waals surface area contributed by atoms with Crippen molar-refractivity contribution in [1.82, 2.24) is 0 Å². The van der Waals surface area contributed by atoms with Crippen LogP contribution >= 0.6 is 0 Å². The maximum absolute atomic E-state index is 9.17. The summed E-state index contributed by atoms with van der Waals surface area (Å²) in [6.45, 7) is 0. The molecule has 0 spiro atoms. The molecule has 0 aliphatic heterocycles. The summed E-state index contributed by atoms with van der Waals surface area (Å²) >= 11 is 0. The van der Waals surface area contributed by atoms with Gasteiger partial charge in [-0.05, 0) is 22.9 Å². The van der Waals surface area contributed by atoms with Crippen molar-refractivity contribution in [3.05, 3.63) is 36.4 Å². The topological polar surface area (TPSA) is 40.5 Å². The Hall–Kier alpha value is -0.700. The number of fused-ring (bicyclic) bond motifs is 1. The Bertz CT molecular complexity index is 386. The molecule has 0 saturated heterocycles. The number of hydrogen-bond acceptors (Lipinski definition) is 2. The van der Waals surface area contributed by atoms with E-state index in [-0.39, 0.29) is 41.1 Å². The normalized spacial score (nSPS) is 9.54. The number of benzene rings is 2. The van der Waals surface area contributed by atoms with Crippen LogP contribution in [0.25, 0.3) is 10.8 Å². The van der Waals surface area contributed by atoms with Crippen LogP contribution in [-0.4, -0.2) is 39.8 Å². The molecule has 0 atom stereocenters. The van der Waals surface area contributed by atoms with Gasteiger partial charge in [-0.25, -0.2) is 0 Å². The zero-order valence-corrected chi connectivity index (χ0v) is 6.36. The van der Waals surface area contributed by atoms with Gasteiger partial charge in [0.15, 0.2) is 11.5 Å². The van der Waals surface area contributed by atoms with E-state index in [1.165, 1.54) is 0 Å². The van der Waals surface area contributed by atoms with Crippen molar-refractivity contribution >= 4 is 40.3 Å². The first-order chi connectivity index (χ1) is 5.77. The van der Waals surface area contributed by atoms with E-state index in [1.54, 1.807) is 12.1 Å². The van der Waals surface area contributed by atoms with Gasteiger partial charge in [0, 0.05) is 0 Å². The van der Waals surface area contributed by atoms with Crippen LogP contribution in [0.5, 0.6) is 11.5 Å². The van der Waals surface area contributed by atoms with Gasteiger partial charge in [-0.2, -0.15) is 0 Å². The predicted octanol–water partition coefficient (Wildman–Crippen LogP) is 1.60. The first kappa shape index (κ1) is 10.4. The summed E-state index contributed by atoms with van der Waals surface area (Å²) in [6.07, 6.45) is 0. The SMILES string of the molecule is Oc1cc2ccccc2cc1O.[NaH]. The third-order valence-corrected chi connectivity index (χ3v) is 1.84. The molecule has 0 radical (unpaired) electrons. The molecule has 0 heterocycles. The van der Waals surface area contributed by atoms with Gasteiger partial charge in [0.05, 0.1) is 0 Å². The summed E-state index contributed by atoms with van der Waals surface area (Å²) in [4.78, 5) is 0. The number of phenols is 2. The molecule has 2 rings (SSSR count). The van der Waals surface area contributed by atoms with Crippen molar-refractivity contribution < 1.29 is 10.2 Å². The van der Waals surface area contributed by atoms with E-state index < -0.39 is 0 Å². The van der Waals surface area contributed by atoms with E-state index in [9.17, 15) is 0 Å². The van der Waals surface area contributed by atoms with Gasteiger partial charge in [-0.15, -0.1) is 0 Å². The predicted molar refractivity (Wildman–Crippen MR) is 54.4 cm³/mol. The summed E-state index contributed by atoms with van der Waals surface area (Å²) in [7, 11) is 0. The van der Waals surface area contributed by atoms with Crippen molar-refractivity contribution in [2.45, 2.75) is 0 Å². The first-order valence-electron chi connectivity index (χ1n) is 3.68. The van der Waals surface area contributed by atoms with Crippen LogP contribution in [-0.2, 0) is 0 Å². The van der Waals surface area contributed by atoms with E-state index in [0.29, 0.717) is 0 Å². The third-order valence-electron chi connectivity index (χ3n) is 1.84. The van der Waals surface area contributed by atoms with Crippen LogP contribution in [0.3, 0.4) is 0 Å². The molecule has 2 aromatic rings. The number of rotatable bonds is 0. The van der Waals surface area contributed by atoms with Gasteiger partial charge in [-0.1, -0.05) is 24.3 Å². The molecule has 2 N–H and O–H groups in total. The molecule has 0 fully saturated rings. The summed E-state index contributed by atoms with van der Waals surface area (Å²) in [5, 5.41) is 20.2. The number of aromatic hydroxyl groups is 2. The second kappa shape index (κ2) is 4.01. The van der Waals surface area contributed by atoms with E-state index in [4.69, 9.17) is 10.2 Å². The fraction of sp³-hybridized carbons (Fsp3) is 0. The molecule has 2 aromatic carbocycles. The molecule has 0 aromatic heterocycles. The molecule has 3 heteroatoms. The molecule has 0 aliphatic carbocycles. The van der Waals surface area contributed by atoms with Gasteiger partial charge in [0.2, 0.25) is 0 Å². The summed E-state index contributed by atoms with van der Waals surface area (Å²) in [5.74, 6) is -0.151. The number of hydrogen-bond donors (Lipinski definition) is 2. The quantitative estimate of drug-likeness (QED) is 0.482. The van der Waals surface area contributed by atoms with Crippen LogP contribution in [0, 0.1) is 0 Å². The van der Waals surface area contributed by atoms with Crippen molar-refractivity contribution in [3.8, 4) is 11.5 Å². The van der Waals surface area contributed by atoms with E-state index in [1.807, 2.05) is 24.3 Å². The van der Waals surface area contributed by atoms with Crippen molar-refractivity contribution in [3.63, 3.8) is 0 Å². The van der Waals surface area contributed by atoms with E-state index >= 15 is 0 Å². The second-order valence-corrected chi connectivity index (χ2v) is 2.69. The van der Waals surface area contributed by atoms with Crippen molar-refractivity contribution in [2.24, 2.45) is 0 Å². The van der Waals surface area contributed by atoms with Crippen LogP contribution in [0.15, 0.2) is 36.4 Å². The van der Waals surface area contributed by atoms with Crippen molar-refractivity contribution in [1.29, 1.82) is 0 Å². The molecule has 0 aliphatic rings. The standard InChI is InChI=1S/C10H8O2.Na.H/c11-9-5-7-3-1-2-4-8(7)6-10(9)12;;/h1-6,11-12H;;. The Morgan fingerprint density at radius 2 is 1.15 bits per heavy atom. The second-order valence-electron chi connectivity index (χ2n) is 2.69. The molecule has 2 nitrogen and oxygen atoms in total. The van der Waals surface area contributed by atoms with Gasteiger partial charge in [-0.3, -0.25) is 0 Å². The van der Waals surface area contributed by atoms with Gasteiger partial charge < -0.3 is 10.2 Å². The molecule has 0 amide bonds. The zero-order chi connectivity index (χ0) is 8.55. The molecule has 0 bridgehead atoms. The number of phenolic OH excluding ortho intramolecular Hbond substituents is 2. The van der Waals surface area contributed by atoms with Gasteiger partial charge in [0.25, 0.3) is 0 Å². The Kier molecular flexibility index (Phi) is 3.20. The fourth-order valence-corrected chi connectivity index (χ4v) is 1.22. The Balaban J connectivity index is 0.000000845. The molecule has 0 saturated carbocycles. The van der Waals surface area contributed by atoms with E-state index in [0.717, 1.165) is 10.8 Å². The van der Waals surface area contributed by atoms with Crippen LogP contribution < -0.4 is 0 Å². The summed E-state index contributed by atoms with van der Waals surface area (Å²) < 4.78 is 0. The van der Waals surface area contributed by atoms with Crippen LogP contribution in [0.2, 0.25) is 0 Å². The Labute approximate surface area is 98.1 Å². The Morgan fingerprint density at radius 1 is 0.769 bits per heavy atom. The van der Waals surface area contributed by atoms with Gasteiger partial charge in [0.1, 0.15) is 0 Å². The molecule has 62 valence electrons. The monoisotopic (exact) mass is 184 g/mol. The minimum atomic E-state index is -0.0753. The molecular weight excluding hydrogens is 175 g/mol. The first-order valence-corrected chi connectivity index (χ1v) is 3.68. The average molecular weight is 184 g/mol. The van der Waals surface area contributed by atoms with E-state index in [2.05, 4.69) is 0 Å². The fourth-order valence-electron chi connectivity index (χ4n) is 1.22. The van der Waals surface area contributed by atoms with Crippen LogP contribution in [0.1, 0.15) is 0 Å². The van der Waals surface area contributed by atoms with Crippen molar-refractivity contribution in [2.75, 3.05) is 0 Å². The van der Waals surface area contributed by atoms with Crippen LogP contribution in [0.4, 0.5) is 0 Å². The molecule has 0 unspecified atom stereocenters. The average Bonchev–Trinajstić information content (AvgIpc) is 2.07. The molecule has 13 heavy (non-hydrogen) atoms. The molecular formula is C10H9NaO2. The zero-order valence-electron chi connectivity index (χ0n) is 6.36. The minimum absolute atomic E-state index is 0. The maximum atomic E-state index is 9.17.